The van der Waals surface area contributed by atoms with Crippen molar-refractivity contribution in [1.29, 1.82) is 0 Å². The van der Waals surface area contributed by atoms with E-state index in [2.05, 4.69) is 0 Å². The maximum absolute atomic E-state index is 11.3. The number of carbonyl (C=O) groups excluding carboxylic acids is 1. The molecule has 0 spiro atoms. The minimum atomic E-state index is -0.267. The van der Waals surface area contributed by atoms with Crippen LogP contribution in [-0.2, 0) is 15.9 Å². The molecule has 2 atom stereocenters. The molecule has 1 saturated heterocycles. The van der Waals surface area contributed by atoms with Crippen LogP contribution in [-0.4, -0.2) is 19.2 Å². The Morgan fingerprint density at radius 3 is 3.20 bits per heavy atom. The fraction of sp³-hybridized carbons (Fsp3) is 0.417. The van der Waals surface area contributed by atoms with Crippen LogP contribution in [0.3, 0.4) is 0 Å². The molecule has 1 heterocycles. The summed E-state index contributed by atoms with van der Waals surface area (Å²) in [5, 5.41) is 0. The lowest BCUT2D eigenvalue weighted by Gasteiger charge is -2.12. The van der Waals surface area contributed by atoms with Gasteiger partial charge >= 0.3 is 5.97 Å². The van der Waals surface area contributed by atoms with E-state index < -0.39 is 0 Å². The Balaban J connectivity index is 1.99. The highest BCUT2D eigenvalue weighted by Crippen LogP contribution is 2.46. The summed E-state index contributed by atoms with van der Waals surface area (Å²) in [5.41, 5.74) is 3.12. The van der Waals surface area contributed by atoms with Gasteiger partial charge in [-0.15, -0.1) is 0 Å². The molecule has 0 aromatic heterocycles. The summed E-state index contributed by atoms with van der Waals surface area (Å²) < 4.78 is 10.2. The fourth-order valence-electron chi connectivity index (χ4n) is 2.28. The smallest absolute Gasteiger partial charge is 0.337 e. The van der Waals surface area contributed by atoms with Gasteiger partial charge in [0.2, 0.25) is 0 Å². The third-order valence-corrected chi connectivity index (χ3v) is 3.15. The Morgan fingerprint density at radius 1 is 1.53 bits per heavy atom. The normalized spacial score (nSPS) is 26.5. The van der Waals surface area contributed by atoms with Crippen LogP contribution in [0, 0.1) is 0 Å². The zero-order valence-electron chi connectivity index (χ0n) is 8.53. The Bertz CT molecular complexity index is 425. The molecule has 1 aromatic rings. The first-order valence-corrected chi connectivity index (χ1v) is 5.16. The maximum Gasteiger partial charge on any atom is 0.337 e. The van der Waals surface area contributed by atoms with Crippen molar-refractivity contribution in [3.05, 3.63) is 34.9 Å². The van der Waals surface area contributed by atoms with Crippen LogP contribution >= 0.6 is 0 Å². The molecule has 2 unspecified atom stereocenters. The van der Waals surface area contributed by atoms with Crippen molar-refractivity contribution in [3.63, 3.8) is 0 Å². The van der Waals surface area contributed by atoms with E-state index in [9.17, 15) is 4.79 Å². The molecule has 2 aliphatic rings. The molecule has 0 amide bonds. The van der Waals surface area contributed by atoms with E-state index in [1.807, 2.05) is 18.2 Å². The average Bonchev–Trinajstić information content (AvgIpc) is 3.06. The quantitative estimate of drug-likeness (QED) is 0.517. The van der Waals surface area contributed by atoms with E-state index in [1.165, 1.54) is 18.2 Å². The summed E-state index contributed by atoms with van der Waals surface area (Å²) in [4.78, 5) is 11.3. The maximum atomic E-state index is 11.3. The number of methoxy groups -OCH3 is 1. The lowest BCUT2D eigenvalue weighted by molar-refractivity contribution is 0.0600. The lowest BCUT2D eigenvalue weighted by atomic mass is 9.90. The van der Waals surface area contributed by atoms with Crippen LogP contribution in [0.15, 0.2) is 18.2 Å². The molecule has 0 N–H and O–H groups in total. The van der Waals surface area contributed by atoms with E-state index in [-0.39, 0.29) is 5.97 Å². The van der Waals surface area contributed by atoms with Crippen molar-refractivity contribution >= 4 is 5.97 Å². The number of epoxide rings is 1. The number of ether oxygens (including phenoxy) is 2. The summed E-state index contributed by atoms with van der Waals surface area (Å²) in [6, 6.07) is 5.74. The highest BCUT2D eigenvalue weighted by Gasteiger charge is 2.43. The van der Waals surface area contributed by atoms with Gasteiger partial charge in [0.1, 0.15) is 6.10 Å². The number of benzene rings is 1. The largest absolute Gasteiger partial charge is 0.465 e. The van der Waals surface area contributed by atoms with E-state index >= 15 is 0 Å². The van der Waals surface area contributed by atoms with E-state index in [0.29, 0.717) is 17.8 Å². The first-order valence-electron chi connectivity index (χ1n) is 5.16. The van der Waals surface area contributed by atoms with Crippen LogP contribution in [0.5, 0.6) is 0 Å². The van der Waals surface area contributed by atoms with Gasteiger partial charge in [0.05, 0.1) is 18.8 Å². The number of esters is 1. The van der Waals surface area contributed by atoms with Crippen molar-refractivity contribution < 1.29 is 14.3 Å². The molecular weight excluding hydrogens is 192 g/mol. The highest BCUT2D eigenvalue weighted by molar-refractivity contribution is 5.89. The SMILES string of the molecule is COC(=O)c1ccc2c(c1)CCC1OC21. The molecule has 3 rings (SSSR count). The van der Waals surface area contributed by atoms with Crippen LogP contribution in [0.4, 0.5) is 0 Å². The number of aryl methyl sites for hydroxylation is 1. The molecule has 0 saturated carbocycles. The predicted molar refractivity (Wildman–Crippen MR) is 53.7 cm³/mol. The molecule has 3 heteroatoms. The highest BCUT2D eigenvalue weighted by atomic mass is 16.6. The van der Waals surface area contributed by atoms with Gasteiger partial charge in [-0.3, -0.25) is 0 Å². The first-order chi connectivity index (χ1) is 7.29. The fourth-order valence-corrected chi connectivity index (χ4v) is 2.28. The average molecular weight is 204 g/mol. The summed E-state index contributed by atoms with van der Waals surface area (Å²) >= 11 is 0. The van der Waals surface area contributed by atoms with Gasteiger partial charge in [0.15, 0.2) is 0 Å². The lowest BCUT2D eigenvalue weighted by Crippen LogP contribution is -2.08. The minimum Gasteiger partial charge on any atom is -0.465 e. The number of fused-ring (bicyclic) bond motifs is 3. The van der Waals surface area contributed by atoms with Crippen molar-refractivity contribution in [1.82, 2.24) is 0 Å². The topological polar surface area (TPSA) is 38.8 Å². The molecule has 1 fully saturated rings. The Labute approximate surface area is 88.0 Å². The van der Waals surface area contributed by atoms with Crippen molar-refractivity contribution in [3.8, 4) is 0 Å². The molecule has 1 aliphatic carbocycles. The Kier molecular flexibility index (Phi) is 1.83. The summed E-state index contributed by atoms with van der Waals surface area (Å²) in [5.74, 6) is -0.267. The van der Waals surface area contributed by atoms with Crippen LogP contribution in [0.1, 0.15) is 34.0 Å². The van der Waals surface area contributed by atoms with Crippen LogP contribution in [0.25, 0.3) is 0 Å². The number of rotatable bonds is 1. The third kappa shape index (κ3) is 1.35. The van der Waals surface area contributed by atoms with E-state index in [0.717, 1.165) is 12.8 Å². The van der Waals surface area contributed by atoms with Gasteiger partial charge in [0.25, 0.3) is 0 Å². The zero-order chi connectivity index (χ0) is 10.4. The molecule has 0 radical (unpaired) electrons. The summed E-state index contributed by atoms with van der Waals surface area (Å²) in [6.07, 6.45) is 2.80. The molecular formula is C12H12O3. The van der Waals surface area contributed by atoms with Gasteiger partial charge in [-0.25, -0.2) is 4.79 Å². The Morgan fingerprint density at radius 2 is 2.40 bits per heavy atom. The number of carbonyl (C=O) groups is 1. The van der Waals surface area contributed by atoms with Gasteiger partial charge < -0.3 is 9.47 Å². The van der Waals surface area contributed by atoms with Gasteiger partial charge in [-0.05, 0) is 36.1 Å². The molecule has 0 bridgehead atoms. The van der Waals surface area contributed by atoms with Crippen molar-refractivity contribution in [2.24, 2.45) is 0 Å². The second-order valence-corrected chi connectivity index (χ2v) is 4.04. The molecule has 1 aromatic carbocycles. The first kappa shape index (κ1) is 8.92. The Hall–Kier alpha value is -1.35. The van der Waals surface area contributed by atoms with E-state index in [4.69, 9.17) is 9.47 Å². The molecule has 3 nitrogen and oxygen atoms in total. The zero-order valence-corrected chi connectivity index (χ0v) is 8.53. The second-order valence-electron chi connectivity index (χ2n) is 4.04. The van der Waals surface area contributed by atoms with Gasteiger partial charge in [-0.1, -0.05) is 6.07 Å². The third-order valence-electron chi connectivity index (χ3n) is 3.15. The summed E-state index contributed by atoms with van der Waals surface area (Å²) in [7, 11) is 1.40. The van der Waals surface area contributed by atoms with Gasteiger partial charge in [-0.2, -0.15) is 0 Å². The second kappa shape index (κ2) is 3.07. The minimum absolute atomic E-state index is 0.267. The van der Waals surface area contributed by atoms with E-state index in [1.54, 1.807) is 0 Å². The van der Waals surface area contributed by atoms with Crippen LogP contribution in [0.2, 0.25) is 0 Å². The molecule has 1 aliphatic heterocycles. The van der Waals surface area contributed by atoms with Crippen molar-refractivity contribution in [2.45, 2.75) is 25.0 Å². The number of hydrogen-bond donors (Lipinski definition) is 0. The standard InChI is InChI=1S/C12H12O3/c1-14-12(13)8-2-4-9-7(6-8)3-5-10-11(9)15-10/h2,4,6,10-11H,3,5H2,1H3. The molecule has 78 valence electrons. The predicted octanol–water partition coefficient (Wildman–Crippen LogP) is 1.86. The summed E-state index contributed by atoms with van der Waals surface area (Å²) in [6.45, 7) is 0. The monoisotopic (exact) mass is 204 g/mol. The van der Waals surface area contributed by atoms with Crippen LogP contribution < -0.4 is 0 Å². The molecule has 15 heavy (non-hydrogen) atoms. The van der Waals surface area contributed by atoms with Gasteiger partial charge in [0, 0.05) is 0 Å². The number of hydrogen-bond acceptors (Lipinski definition) is 3. The van der Waals surface area contributed by atoms with Crippen molar-refractivity contribution in [2.75, 3.05) is 7.11 Å².